The highest BCUT2D eigenvalue weighted by molar-refractivity contribution is 7.10. The summed E-state index contributed by atoms with van der Waals surface area (Å²) in [5.41, 5.74) is 2.05. The van der Waals surface area contributed by atoms with Crippen LogP contribution in [0.4, 0.5) is 0 Å². The first-order valence-electron chi connectivity index (χ1n) is 9.21. The topological polar surface area (TPSA) is 78.7 Å². The molecule has 28 heavy (non-hydrogen) atoms. The van der Waals surface area contributed by atoms with E-state index in [0.717, 1.165) is 23.5 Å². The van der Waals surface area contributed by atoms with Crippen molar-refractivity contribution in [2.24, 2.45) is 7.05 Å². The summed E-state index contributed by atoms with van der Waals surface area (Å²) in [4.78, 5) is 30.2. The molecule has 0 aliphatic carbocycles. The van der Waals surface area contributed by atoms with E-state index in [4.69, 9.17) is 0 Å². The predicted octanol–water partition coefficient (Wildman–Crippen LogP) is 2.47. The fraction of sp³-hybridized carbons (Fsp3) is 0.450. The number of amides is 1. The molecule has 3 rings (SSSR count). The zero-order chi connectivity index (χ0) is 20.6. The summed E-state index contributed by atoms with van der Waals surface area (Å²) < 4.78 is 1.66. The molecule has 0 spiro atoms. The molecular formula is C20H26N4O3S. The minimum absolute atomic E-state index is 0.144. The zero-order valence-electron chi connectivity index (χ0n) is 16.9. The quantitative estimate of drug-likeness (QED) is 0.456. The van der Waals surface area contributed by atoms with Gasteiger partial charge >= 0.3 is 0 Å². The Bertz CT molecular complexity index is 928. The number of carbonyl (C=O) groups is 2. The zero-order valence-corrected chi connectivity index (χ0v) is 17.7. The van der Waals surface area contributed by atoms with Gasteiger partial charge in [0.25, 0.3) is 11.7 Å². The van der Waals surface area contributed by atoms with Crippen molar-refractivity contribution < 1.29 is 14.7 Å². The third-order valence-electron chi connectivity index (χ3n) is 5.10. The predicted molar refractivity (Wildman–Crippen MR) is 109 cm³/mol. The Morgan fingerprint density at radius 2 is 2.04 bits per heavy atom. The summed E-state index contributed by atoms with van der Waals surface area (Å²) in [6.07, 6.45) is 0.743. The number of Topliss-reactive ketones (excluding diaryl/α,β-unsaturated/α-hetero) is 1. The van der Waals surface area contributed by atoms with Gasteiger partial charge in [-0.3, -0.25) is 14.3 Å². The molecule has 7 nitrogen and oxygen atoms in total. The number of aliphatic hydroxyl groups excluding tert-OH is 1. The fourth-order valence-corrected chi connectivity index (χ4v) is 4.51. The van der Waals surface area contributed by atoms with Crippen molar-refractivity contribution in [2.75, 3.05) is 27.2 Å². The Hall–Kier alpha value is -2.45. The SMILES string of the molecule is Cc1nn(C)c(C)c1/C(O)=C1\C(=O)C(=O)N(CCCN(C)C)[C@H]1c1cccs1. The lowest BCUT2D eigenvalue weighted by molar-refractivity contribution is -0.139. The number of thiophene rings is 1. The smallest absolute Gasteiger partial charge is 0.295 e. The van der Waals surface area contributed by atoms with Crippen molar-refractivity contribution in [2.45, 2.75) is 26.3 Å². The van der Waals surface area contributed by atoms with Crippen LogP contribution in [0, 0.1) is 13.8 Å². The Balaban J connectivity index is 2.10. The van der Waals surface area contributed by atoms with E-state index in [1.54, 1.807) is 23.6 Å². The van der Waals surface area contributed by atoms with E-state index in [9.17, 15) is 14.7 Å². The summed E-state index contributed by atoms with van der Waals surface area (Å²) in [6, 6.07) is 3.22. The summed E-state index contributed by atoms with van der Waals surface area (Å²) in [6.45, 7) is 4.88. The van der Waals surface area contributed by atoms with Crippen LogP contribution in [0.25, 0.3) is 5.76 Å². The monoisotopic (exact) mass is 402 g/mol. The first-order valence-corrected chi connectivity index (χ1v) is 10.1. The van der Waals surface area contributed by atoms with Gasteiger partial charge in [0.05, 0.1) is 22.9 Å². The van der Waals surface area contributed by atoms with Crippen LogP contribution in [0.2, 0.25) is 0 Å². The van der Waals surface area contributed by atoms with Crippen molar-refractivity contribution in [3.8, 4) is 0 Å². The van der Waals surface area contributed by atoms with Gasteiger partial charge < -0.3 is 14.9 Å². The molecule has 1 N–H and O–H groups in total. The van der Waals surface area contributed by atoms with Crippen LogP contribution in [0.1, 0.15) is 34.3 Å². The van der Waals surface area contributed by atoms with Crippen LogP contribution in [0.5, 0.6) is 0 Å². The van der Waals surface area contributed by atoms with Crippen LogP contribution in [-0.2, 0) is 16.6 Å². The van der Waals surface area contributed by atoms with Crippen LogP contribution in [0.3, 0.4) is 0 Å². The van der Waals surface area contributed by atoms with E-state index < -0.39 is 17.7 Å². The molecule has 2 aromatic heterocycles. The van der Waals surface area contributed by atoms with Crippen LogP contribution < -0.4 is 0 Å². The van der Waals surface area contributed by atoms with E-state index in [0.29, 0.717) is 17.8 Å². The fourth-order valence-electron chi connectivity index (χ4n) is 3.66. The normalized spacial score (nSPS) is 19.2. The summed E-state index contributed by atoms with van der Waals surface area (Å²) in [7, 11) is 5.73. The Labute approximate surface area is 168 Å². The molecule has 0 saturated carbocycles. The van der Waals surface area contributed by atoms with Crippen molar-refractivity contribution in [1.82, 2.24) is 19.6 Å². The number of aryl methyl sites for hydroxylation is 2. The second kappa shape index (κ2) is 7.89. The third-order valence-corrected chi connectivity index (χ3v) is 6.03. The average molecular weight is 403 g/mol. The average Bonchev–Trinajstić information content (AvgIpc) is 3.29. The van der Waals surface area contributed by atoms with E-state index in [1.807, 2.05) is 43.4 Å². The molecule has 150 valence electrons. The lowest BCUT2D eigenvalue weighted by Crippen LogP contribution is -2.32. The standard InChI is InChI=1S/C20H26N4O3S/c1-12-15(13(2)23(5)21-12)18(25)16-17(14-8-6-11-28-14)24(20(27)19(16)26)10-7-9-22(3)4/h6,8,11,17,25H,7,9-10H2,1-5H3/b18-16+/t17-/m0/s1. The summed E-state index contributed by atoms with van der Waals surface area (Å²) >= 11 is 1.48. The molecule has 0 unspecified atom stereocenters. The van der Waals surface area contributed by atoms with E-state index in [-0.39, 0.29) is 11.3 Å². The van der Waals surface area contributed by atoms with E-state index >= 15 is 0 Å². The maximum Gasteiger partial charge on any atom is 0.295 e. The first kappa shape index (κ1) is 20.3. The second-order valence-electron chi connectivity index (χ2n) is 7.33. The van der Waals surface area contributed by atoms with E-state index in [1.165, 1.54) is 11.3 Å². The summed E-state index contributed by atoms with van der Waals surface area (Å²) in [5, 5.41) is 17.4. The highest BCUT2D eigenvalue weighted by Crippen LogP contribution is 2.41. The molecule has 8 heteroatoms. The van der Waals surface area contributed by atoms with Crippen LogP contribution in [0.15, 0.2) is 23.1 Å². The molecule has 1 saturated heterocycles. The minimum Gasteiger partial charge on any atom is -0.507 e. The number of carbonyl (C=O) groups excluding carboxylic acids is 2. The molecule has 1 aliphatic rings. The van der Waals surface area contributed by atoms with Gasteiger partial charge in [-0.15, -0.1) is 11.3 Å². The lowest BCUT2D eigenvalue weighted by atomic mass is 9.99. The number of ketones is 1. The minimum atomic E-state index is -0.636. The molecule has 2 aromatic rings. The van der Waals surface area contributed by atoms with Gasteiger partial charge in [-0.25, -0.2) is 0 Å². The molecule has 3 heterocycles. The van der Waals surface area contributed by atoms with Crippen molar-refractivity contribution >= 4 is 28.8 Å². The number of aliphatic hydroxyl groups is 1. The van der Waals surface area contributed by atoms with Crippen LogP contribution >= 0.6 is 11.3 Å². The van der Waals surface area contributed by atoms with Gasteiger partial charge in [-0.1, -0.05) is 6.07 Å². The number of likely N-dealkylation sites (tertiary alicyclic amines) is 1. The number of hydrogen-bond donors (Lipinski definition) is 1. The molecule has 1 fully saturated rings. The van der Waals surface area contributed by atoms with E-state index in [2.05, 4.69) is 5.10 Å². The van der Waals surface area contributed by atoms with Gasteiger partial charge in [0, 0.05) is 24.2 Å². The molecule has 1 amide bonds. The van der Waals surface area contributed by atoms with Crippen molar-refractivity contribution in [1.29, 1.82) is 0 Å². The maximum atomic E-state index is 12.9. The summed E-state index contributed by atoms with van der Waals surface area (Å²) in [5.74, 6) is -1.34. The molecular weight excluding hydrogens is 376 g/mol. The highest BCUT2D eigenvalue weighted by atomic mass is 32.1. The lowest BCUT2D eigenvalue weighted by Gasteiger charge is -2.24. The van der Waals surface area contributed by atoms with Gasteiger partial charge in [0.15, 0.2) is 0 Å². The van der Waals surface area contributed by atoms with Gasteiger partial charge in [-0.2, -0.15) is 5.10 Å². The highest BCUT2D eigenvalue weighted by Gasteiger charge is 2.46. The Morgan fingerprint density at radius 3 is 2.57 bits per heavy atom. The van der Waals surface area contributed by atoms with Gasteiger partial charge in [0.2, 0.25) is 0 Å². The number of nitrogens with zero attached hydrogens (tertiary/aromatic N) is 4. The molecule has 1 atom stereocenters. The third kappa shape index (κ3) is 3.49. The molecule has 1 aliphatic heterocycles. The second-order valence-corrected chi connectivity index (χ2v) is 8.31. The van der Waals surface area contributed by atoms with Gasteiger partial charge in [0.1, 0.15) is 5.76 Å². The Kier molecular flexibility index (Phi) is 5.71. The number of aromatic nitrogens is 2. The molecule has 0 bridgehead atoms. The number of hydrogen-bond acceptors (Lipinski definition) is 6. The molecule has 0 radical (unpaired) electrons. The maximum absolute atomic E-state index is 12.9. The largest absolute Gasteiger partial charge is 0.507 e. The van der Waals surface area contributed by atoms with Crippen LogP contribution in [-0.4, -0.2) is 63.6 Å². The first-order chi connectivity index (χ1) is 13.2. The molecule has 0 aromatic carbocycles. The van der Waals surface area contributed by atoms with Gasteiger partial charge in [-0.05, 0) is 52.4 Å². The Morgan fingerprint density at radius 1 is 1.32 bits per heavy atom. The van der Waals surface area contributed by atoms with Crippen molar-refractivity contribution in [3.63, 3.8) is 0 Å². The van der Waals surface area contributed by atoms with Crippen molar-refractivity contribution in [3.05, 3.63) is 44.9 Å². The number of rotatable bonds is 6.